The maximum Gasteiger partial charge on any atom is 0.325 e. The van der Waals surface area contributed by atoms with Crippen molar-refractivity contribution in [2.75, 3.05) is 6.61 Å². The molecule has 1 atom stereocenters. The number of thiazole rings is 1. The van der Waals surface area contributed by atoms with Gasteiger partial charge in [-0.2, -0.15) is 0 Å². The fourth-order valence-corrected chi connectivity index (χ4v) is 2.76. The highest BCUT2D eigenvalue weighted by Gasteiger charge is 2.38. The fourth-order valence-electron chi connectivity index (χ4n) is 1.99. The first-order valence-corrected chi connectivity index (χ1v) is 6.98. The van der Waals surface area contributed by atoms with Crippen LogP contribution in [0.3, 0.4) is 0 Å². The Morgan fingerprint density at radius 2 is 2.23 bits per heavy atom. The van der Waals surface area contributed by atoms with Crippen LogP contribution in [0.15, 0.2) is 6.20 Å². The van der Waals surface area contributed by atoms with Gasteiger partial charge in [0.15, 0.2) is 5.92 Å². The molecular formula is C12H11N3O6S. The second-order valence-electron chi connectivity index (χ2n) is 4.22. The summed E-state index contributed by atoms with van der Waals surface area (Å²) in [5.41, 5.74) is -0.833. The Labute approximate surface area is 127 Å². The Balaban J connectivity index is 2.78. The van der Waals surface area contributed by atoms with Crippen LogP contribution in [-0.4, -0.2) is 38.5 Å². The number of ether oxygens (including phenoxy) is 1. The largest absolute Gasteiger partial charge is 0.480 e. The van der Waals surface area contributed by atoms with Crippen molar-refractivity contribution in [1.82, 2.24) is 9.97 Å². The van der Waals surface area contributed by atoms with Crippen molar-refractivity contribution in [3.63, 3.8) is 0 Å². The van der Waals surface area contributed by atoms with E-state index in [1.54, 1.807) is 6.92 Å². The van der Waals surface area contributed by atoms with E-state index in [9.17, 15) is 24.8 Å². The van der Waals surface area contributed by atoms with E-state index in [0.717, 1.165) is 17.5 Å². The van der Waals surface area contributed by atoms with Crippen LogP contribution >= 0.6 is 11.3 Å². The molecule has 0 aliphatic carbocycles. The second kappa shape index (κ2) is 6.02. The Morgan fingerprint density at radius 1 is 1.55 bits per heavy atom. The molecule has 0 bridgehead atoms. The third-order valence-electron chi connectivity index (χ3n) is 2.81. The number of nitro groups is 1. The summed E-state index contributed by atoms with van der Waals surface area (Å²) in [6.07, 6.45) is 0.935. The van der Waals surface area contributed by atoms with Gasteiger partial charge >= 0.3 is 11.9 Å². The third kappa shape index (κ3) is 2.72. The number of aryl methyl sites for hydroxylation is 1. The third-order valence-corrected chi connectivity index (χ3v) is 3.68. The summed E-state index contributed by atoms with van der Waals surface area (Å²) in [4.78, 5) is 42.1. The number of carboxylic acid groups (broad SMARTS) is 1. The number of pyridine rings is 1. The monoisotopic (exact) mass is 325 g/mol. The molecule has 0 spiro atoms. The van der Waals surface area contributed by atoms with Gasteiger partial charge < -0.3 is 9.84 Å². The standard InChI is InChI=1S/C12H11N3O6S/c1-3-21-12(18)8(11(16)17)7-6(15(19)20)4-13-10-9(7)14-5(2)22-10/h4,8H,3H2,1-2H3,(H,16,17). The van der Waals surface area contributed by atoms with Crippen LogP contribution in [0.2, 0.25) is 0 Å². The smallest absolute Gasteiger partial charge is 0.325 e. The lowest BCUT2D eigenvalue weighted by atomic mass is 9.98. The van der Waals surface area contributed by atoms with E-state index in [1.807, 2.05) is 0 Å². The molecule has 0 saturated heterocycles. The molecule has 22 heavy (non-hydrogen) atoms. The number of esters is 1. The average Bonchev–Trinajstić information content (AvgIpc) is 2.79. The predicted octanol–water partition coefficient (Wildman–Crippen LogP) is 1.64. The molecule has 0 radical (unpaired) electrons. The molecule has 0 aromatic carbocycles. The first-order chi connectivity index (χ1) is 10.4. The van der Waals surface area contributed by atoms with E-state index >= 15 is 0 Å². The van der Waals surface area contributed by atoms with Crippen molar-refractivity contribution in [3.8, 4) is 0 Å². The minimum absolute atomic E-state index is 0.0390. The molecule has 0 saturated carbocycles. The van der Waals surface area contributed by atoms with Crippen LogP contribution in [0.5, 0.6) is 0 Å². The second-order valence-corrected chi connectivity index (χ2v) is 5.41. The summed E-state index contributed by atoms with van der Waals surface area (Å²) in [5, 5.41) is 21.1. The molecule has 0 fully saturated rings. The summed E-state index contributed by atoms with van der Waals surface area (Å²) in [6, 6.07) is 0. The zero-order chi connectivity index (χ0) is 16.4. The number of aliphatic carboxylic acids is 1. The first-order valence-electron chi connectivity index (χ1n) is 6.16. The summed E-state index contributed by atoms with van der Waals surface area (Å²) < 4.78 is 4.72. The Bertz CT molecular complexity index is 772. The van der Waals surface area contributed by atoms with E-state index in [4.69, 9.17) is 4.74 Å². The molecule has 10 heteroatoms. The van der Waals surface area contributed by atoms with E-state index in [0.29, 0.717) is 9.84 Å². The first kappa shape index (κ1) is 15.8. The zero-order valence-corrected chi connectivity index (χ0v) is 12.4. The van der Waals surface area contributed by atoms with Crippen LogP contribution in [0, 0.1) is 17.0 Å². The van der Waals surface area contributed by atoms with Crippen molar-refractivity contribution in [2.24, 2.45) is 0 Å². The van der Waals surface area contributed by atoms with Crippen LogP contribution in [0.25, 0.3) is 10.3 Å². The van der Waals surface area contributed by atoms with Gasteiger partial charge in [0, 0.05) is 0 Å². The molecule has 2 aromatic rings. The van der Waals surface area contributed by atoms with Crippen molar-refractivity contribution in [2.45, 2.75) is 19.8 Å². The van der Waals surface area contributed by atoms with Crippen LogP contribution < -0.4 is 0 Å². The maximum absolute atomic E-state index is 11.9. The molecule has 1 N–H and O–H groups in total. The Kier molecular flexibility index (Phi) is 4.31. The van der Waals surface area contributed by atoms with Crippen molar-refractivity contribution in [1.29, 1.82) is 0 Å². The number of carbonyl (C=O) groups is 2. The number of rotatable bonds is 5. The fraction of sp³-hybridized carbons (Fsp3) is 0.333. The molecule has 9 nitrogen and oxygen atoms in total. The molecule has 2 aromatic heterocycles. The van der Waals surface area contributed by atoms with Gasteiger partial charge in [-0.15, -0.1) is 0 Å². The number of hydrogen-bond acceptors (Lipinski definition) is 8. The highest BCUT2D eigenvalue weighted by atomic mass is 32.1. The molecule has 0 aliphatic heterocycles. The lowest BCUT2D eigenvalue weighted by Crippen LogP contribution is -2.25. The summed E-state index contributed by atoms with van der Waals surface area (Å²) in [5.74, 6) is -4.44. The van der Waals surface area contributed by atoms with Crippen LogP contribution in [-0.2, 0) is 14.3 Å². The normalized spacial score (nSPS) is 12.1. The van der Waals surface area contributed by atoms with E-state index in [2.05, 4.69) is 9.97 Å². The van der Waals surface area contributed by atoms with Gasteiger partial charge in [0.25, 0.3) is 5.69 Å². The molecule has 0 aliphatic rings. The molecule has 1 unspecified atom stereocenters. The highest BCUT2D eigenvalue weighted by molar-refractivity contribution is 7.18. The number of aromatic nitrogens is 2. The minimum Gasteiger partial charge on any atom is -0.480 e. The lowest BCUT2D eigenvalue weighted by molar-refractivity contribution is -0.385. The van der Waals surface area contributed by atoms with E-state index in [-0.39, 0.29) is 17.7 Å². The number of nitrogens with zero attached hydrogens (tertiary/aromatic N) is 3. The van der Waals surface area contributed by atoms with Crippen molar-refractivity contribution >= 4 is 39.3 Å². The Hall–Kier alpha value is -2.62. The molecule has 2 rings (SSSR count). The topological polar surface area (TPSA) is 133 Å². The summed E-state index contributed by atoms with van der Waals surface area (Å²) in [7, 11) is 0. The zero-order valence-electron chi connectivity index (χ0n) is 11.6. The lowest BCUT2D eigenvalue weighted by Gasteiger charge is -2.12. The van der Waals surface area contributed by atoms with Crippen LogP contribution in [0.4, 0.5) is 5.69 Å². The predicted molar refractivity (Wildman–Crippen MR) is 75.8 cm³/mol. The number of carboxylic acids is 1. The van der Waals surface area contributed by atoms with Gasteiger partial charge in [-0.05, 0) is 13.8 Å². The minimum atomic E-state index is -1.83. The van der Waals surface area contributed by atoms with Crippen LogP contribution in [0.1, 0.15) is 23.4 Å². The maximum atomic E-state index is 11.9. The van der Waals surface area contributed by atoms with Gasteiger partial charge in [-0.3, -0.25) is 19.7 Å². The summed E-state index contributed by atoms with van der Waals surface area (Å²) >= 11 is 1.15. The molecule has 2 heterocycles. The summed E-state index contributed by atoms with van der Waals surface area (Å²) in [6.45, 7) is 3.13. The average molecular weight is 325 g/mol. The molecular weight excluding hydrogens is 314 g/mol. The van der Waals surface area contributed by atoms with E-state index < -0.39 is 28.5 Å². The number of hydrogen-bond donors (Lipinski definition) is 1. The molecule has 116 valence electrons. The number of fused-ring (bicyclic) bond motifs is 1. The van der Waals surface area contributed by atoms with Gasteiger partial charge in [-0.25, -0.2) is 9.97 Å². The van der Waals surface area contributed by atoms with Gasteiger partial charge in [-0.1, -0.05) is 11.3 Å². The van der Waals surface area contributed by atoms with Crippen molar-refractivity contribution < 1.29 is 24.4 Å². The SMILES string of the molecule is CCOC(=O)C(C(=O)O)c1c([N+](=O)[O-])cnc2sc(C)nc12. The molecule has 0 amide bonds. The Morgan fingerprint density at radius 3 is 2.77 bits per heavy atom. The van der Waals surface area contributed by atoms with Gasteiger partial charge in [0.1, 0.15) is 16.5 Å². The van der Waals surface area contributed by atoms with E-state index in [1.165, 1.54) is 6.92 Å². The quantitative estimate of drug-likeness (QED) is 0.379. The van der Waals surface area contributed by atoms with Crippen molar-refractivity contribution in [3.05, 3.63) is 26.9 Å². The van der Waals surface area contributed by atoms with Gasteiger partial charge in [0.2, 0.25) is 0 Å². The highest BCUT2D eigenvalue weighted by Crippen LogP contribution is 2.35. The number of carbonyl (C=O) groups excluding carboxylic acids is 1. The van der Waals surface area contributed by atoms with Gasteiger partial charge in [0.05, 0.1) is 22.1 Å².